The lowest BCUT2D eigenvalue weighted by Crippen LogP contribution is -2.43. The number of carbonyl (C=O) groups excluding carboxylic acids is 3. The molecule has 2 aliphatic rings. The molecule has 0 aliphatic carbocycles. The summed E-state index contributed by atoms with van der Waals surface area (Å²) < 4.78 is 31.3. The van der Waals surface area contributed by atoms with Crippen molar-refractivity contribution in [1.82, 2.24) is 10.2 Å². The van der Waals surface area contributed by atoms with E-state index in [1.165, 1.54) is 4.31 Å². The summed E-state index contributed by atoms with van der Waals surface area (Å²) in [5.74, 6) is -1.27. The highest BCUT2D eigenvalue weighted by molar-refractivity contribution is 7.92. The predicted molar refractivity (Wildman–Crippen MR) is 143 cm³/mol. The number of anilines is 2. The Morgan fingerprint density at radius 2 is 1.76 bits per heavy atom. The van der Waals surface area contributed by atoms with Gasteiger partial charge < -0.3 is 20.0 Å². The van der Waals surface area contributed by atoms with Crippen LogP contribution in [-0.4, -0.2) is 63.5 Å². The summed E-state index contributed by atoms with van der Waals surface area (Å²) in [6.07, 6.45) is 4.01. The minimum Gasteiger partial charge on any atom is -0.451 e. The highest BCUT2D eigenvalue weighted by Gasteiger charge is 2.27. The molecule has 3 amide bonds. The van der Waals surface area contributed by atoms with Gasteiger partial charge in [0, 0.05) is 37.3 Å². The van der Waals surface area contributed by atoms with Crippen LogP contribution in [0.1, 0.15) is 35.4 Å². The van der Waals surface area contributed by atoms with Crippen molar-refractivity contribution in [3.8, 4) is 0 Å². The molecule has 2 aromatic carbocycles. The number of hydrogen-bond donors (Lipinski definition) is 2. The standard InChI is InChI=1S/C27H30N4O6S/c1-38(35,36)31-12-4-6-19-8-9-21(16-22(19)31)29-26(33)25(32)28-17-18-10-13-30(14-11-18)27(34)24-15-20-5-2-3-7-23(20)37-24/h2-3,5,7-9,15-16,18H,4,6,10-14,17H2,1H3,(H,28,32)(H,29,33). The van der Waals surface area contributed by atoms with Gasteiger partial charge in [0.05, 0.1) is 11.9 Å². The molecule has 1 fully saturated rings. The molecule has 3 heterocycles. The second kappa shape index (κ2) is 10.5. The van der Waals surface area contributed by atoms with Crippen molar-refractivity contribution in [1.29, 1.82) is 0 Å². The molecule has 0 radical (unpaired) electrons. The average Bonchev–Trinajstić information content (AvgIpc) is 3.35. The smallest absolute Gasteiger partial charge is 0.313 e. The van der Waals surface area contributed by atoms with E-state index >= 15 is 0 Å². The lowest BCUT2D eigenvalue weighted by atomic mass is 9.96. The summed E-state index contributed by atoms with van der Waals surface area (Å²) in [4.78, 5) is 39.5. The van der Waals surface area contributed by atoms with Crippen molar-refractivity contribution in [2.75, 3.05) is 42.1 Å². The lowest BCUT2D eigenvalue weighted by molar-refractivity contribution is -0.136. The summed E-state index contributed by atoms with van der Waals surface area (Å²) in [7, 11) is -3.44. The predicted octanol–water partition coefficient (Wildman–Crippen LogP) is 2.75. The van der Waals surface area contributed by atoms with Crippen LogP contribution >= 0.6 is 0 Å². The Hall–Kier alpha value is -3.86. The third-order valence-electron chi connectivity index (χ3n) is 7.12. The number of para-hydroxylation sites is 1. The Kier molecular flexibility index (Phi) is 7.11. The molecule has 2 N–H and O–H groups in total. The molecule has 10 nitrogen and oxygen atoms in total. The van der Waals surface area contributed by atoms with Gasteiger partial charge in [0.15, 0.2) is 5.76 Å². The van der Waals surface area contributed by atoms with Gasteiger partial charge in [0.2, 0.25) is 10.0 Å². The molecule has 200 valence electrons. The van der Waals surface area contributed by atoms with E-state index in [0.29, 0.717) is 61.7 Å². The molecule has 5 rings (SSSR count). The first-order valence-corrected chi connectivity index (χ1v) is 14.5. The minimum absolute atomic E-state index is 0.138. The number of nitrogens with zero attached hydrogens (tertiary/aromatic N) is 2. The number of nitrogens with one attached hydrogen (secondary N) is 2. The van der Waals surface area contributed by atoms with Crippen LogP contribution < -0.4 is 14.9 Å². The van der Waals surface area contributed by atoms with E-state index in [9.17, 15) is 22.8 Å². The van der Waals surface area contributed by atoms with Crippen LogP contribution in [0, 0.1) is 5.92 Å². The Morgan fingerprint density at radius 3 is 2.50 bits per heavy atom. The zero-order valence-corrected chi connectivity index (χ0v) is 21.9. The highest BCUT2D eigenvalue weighted by atomic mass is 32.2. The number of amides is 3. The number of fused-ring (bicyclic) bond motifs is 2. The van der Waals surface area contributed by atoms with Gasteiger partial charge in [-0.2, -0.15) is 0 Å². The van der Waals surface area contributed by atoms with Crippen LogP contribution in [0.5, 0.6) is 0 Å². The normalized spacial score (nSPS) is 16.2. The number of hydrogen-bond acceptors (Lipinski definition) is 6. The minimum atomic E-state index is -3.44. The monoisotopic (exact) mass is 538 g/mol. The van der Waals surface area contributed by atoms with Crippen LogP contribution in [0.2, 0.25) is 0 Å². The topological polar surface area (TPSA) is 129 Å². The van der Waals surface area contributed by atoms with Crippen molar-refractivity contribution < 1.29 is 27.2 Å². The van der Waals surface area contributed by atoms with E-state index in [2.05, 4.69) is 10.6 Å². The molecule has 0 atom stereocenters. The number of benzene rings is 2. The Balaban J connectivity index is 1.11. The van der Waals surface area contributed by atoms with Crippen LogP contribution in [0.25, 0.3) is 11.0 Å². The number of furan rings is 1. The van der Waals surface area contributed by atoms with Crippen molar-refractivity contribution in [3.05, 3.63) is 59.9 Å². The average molecular weight is 539 g/mol. The number of rotatable bonds is 5. The van der Waals surface area contributed by atoms with Crippen LogP contribution in [0.15, 0.2) is 52.9 Å². The Morgan fingerprint density at radius 1 is 1.00 bits per heavy atom. The molecule has 0 saturated carbocycles. The molecule has 38 heavy (non-hydrogen) atoms. The summed E-state index contributed by atoms with van der Waals surface area (Å²) in [6.45, 7) is 1.78. The number of piperidine rings is 1. The second-order valence-corrected chi connectivity index (χ2v) is 11.7. The van der Waals surface area contributed by atoms with Crippen molar-refractivity contribution >= 4 is 50.1 Å². The number of aryl methyl sites for hydroxylation is 1. The Labute approximate surface area is 221 Å². The second-order valence-electron chi connectivity index (χ2n) is 9.83. The molecule has 2 aliphatic heterocycles. The SMILES string of the molecule is CS(=O)(=O)N1CCCc2ccc(NC(=O)C(=O)NCC3CCN(C(=O)c4cc5ccccc5o4)CC3)cc21. The van der Waals surface area contributed by atoms with Crippen LogP contribution in [-0.2, 0) is 26.0 Å². The molecule has 3 aromatic rings. The zero-order chi connectivity index (χ0) is 26.9. The molecular weight excluding hydrogens is 508 g/mol. The van der Waals surface area contributed by atoms with Crippen LogP contribution in [0.3, 0.4) is 0 Å². The van der Waals surface area contributed by atoms with Crippen molar-refractivity contribution in [2.45, 2.75) is 25.7 Å². The third kappa shape index (κ3) is 5.52. The van der Waals surface area contributed by atoms with E-state index in [4.69, 9.17) is 4.42 Å². The molecular formula is C27H30N4O6S. The maximum absolute atomic E-state index is 12.8. The fourth-order valence-corrected chi connectivity index (χ4v) is 6.04. The summed E-state index contributed by atoms with van der Waals surface area (Å²) in [6, 6.07) is 14.3. The molecule has 0 spiro atoms. The maximum atomic E-state index is 12.8. The number of likely N-dealkylation sites (tertiary alicyclic amines) is 1. The summed E-state index contributed by atoms with van der Waals surface area (Å²) in [5, 5.41) is 6.13. The third-order valence-corrected chi connectivity index (χ3v) is 8.30. The highest BCUT2D eigenvalue weighted by Crippen LogP contribution is 2.31. The summed E-state index contributed by atoms with van der Waals surface area (Å²) >= 11 is 0. The van der Waals surface area contributed by atoms with E-state index in [1.807, 2.05) is 24.3 Å². The fraction of sp³-hybridized carbons (Fsp3) is 0.370. The van der Waals surface area contributed by atoms with E-state index in [0.717, 1.165) is 30.0 Å². The number of carbonyl (C=O) groups is 3. The molecule has 11 heteroatoms. The van der Waals surface area contributed by atoms with E-state index in [1.54, 1.807) is 29.2 Å². The maximum Gasteiger partial charge on any atom is 0.313 e. The number of sulfonamides is 1. The van der Waals surface area contributed by atoms with E-state index < -0.39 is 21.8 Å². The molecule has 1 saturated heterocycles. The quantitative estimate of drug-likeness (QED) is 0.481. The largest absolute Gasteiger partial charge is 0.451 e. The fourth-order valence-electron chi connectivity index (χ4n) is 5.05. The molecule has 0 bridgehead atoms. The van der Waals surface area contributed by atoms with Gasteiger partial charge in [-0.05, 0) is 61.4 Å². The van der Waals surface area contributed by atoms with Gasteiger partial charge in [-0.25, -0.2) is 8.42 Å². The first-order valence-electron chi connectivity index (χ1n) is 12.7. The Bertz CT molecular complexity index is 1460. The first kappa shape index (κ1) is 25.8. The molecule has 1 aromatic heterocycles. The van der Waals surface area contributed by atoms with Gasteiger partial charge >= 0.3 is 11.8 Å². The van der Waals surface area contributed by atoms with Gasteiger partial charge in [-0.3, -0.25) is 18.7 Å². The van der Waals surface area contributed by atoms with Crippen LogP contribution in [0.4, 0.5) is 11.4 Å². The van der Waals surface area contributed by atoms with Gasteiger partial charge in [0.1, 0.15) is 5.58 Å². The zero-order valence-electron chi connectivity index (χ0n) is 21.1. The van der Waals surface area contributed by atoms with Crippen molar-refractivity contribution in [3.63, 3.8) is 0 Å². The van der Waals surface area contributed by atoms with E-state index in [-0.39, 0.29) is 11.8 Å². The van der Waals surface area contributed by atoms with Gasteiger partial charge in [-0.15, -0.1) is 0 Å². The summed E-state index contributed by atoms with van der Waals surface area (Å²) in [5.41, 5.74) is 2.45. The first-order chi connectivity index (χ1) is 18.2. The van der Waals surface area contributed by atoms with Gasteiger partial charge in [-0.1, -0.05) is 24.3 Å². The van der Waals surface area contributed by atoms with Gasteiger partial charge in [0.25, 0.3) is 5.91 Å². The lowest BCUT2D eigenvalue weighted by Gasteiger charge is -2.31. The molecule has 0 unspecified atom stereocenters. The van der Waals surface area contributed by atoms with Crippen molar-refractivity contribution in [2.24, 2.45) is 5.92 Å².